The number of nitrogens with zero attached hydrogens (tertiary/aromatic N) is 4. The third-order valence-corrected chi connectivity index (χ3v) is 10.1. The van der Waals surface area contributed by atoms with Crippen LogP contribution in [-0.4, -0.2) is 19.9 Å². The molecule has 3 aromatic heterocycles. The van der Waals surface area contributed by atoms with E-state index in [-0.39, 0.29) is 0 Å². The van der Waals surface area contributed by atoms with Gasteiger partial charge in [0.15, 0.2) is 5.82 Å². The summed E-state index contributed by atoms with van der Waals surface area (Å²) in [6, 6.07) is 67.3. The van der Waals surface area contributed by atoms with Crippen LogP contribution in [0.1, 0.15) is 0 Å². The first-order valence-electron chi connectivity index (χ1n) is 18.1. The van der Waals surface area contributed by atoms with Crippen molar-refractivity contribution in [3.05, 3.63) is 194 Å². The number of para-hydroxylation sites is 1. The van der Waals surface area contributed by atoms with Gasteiger partial charge in [-0.15, -0.1) is 0 Å². The predicted molar refractivity (Wildman–Crippen MR) is 223 cm³/mol. The van der Waals surface area contributed by atoms with Crippen molar-refractivity contribution in [2.45, 2.75) is 0 Å². The van der Waals surface area contributed by atoms with E-state index in [0.29, 0.717) is 5.82 Å². The van der Waals surface area contributed by atoms with E-state index < -0.39 is 0 Å². The fourth-order valence-corrected chi connectivity index (χ4v) is 7.38. The molecule has 0 saturated carbocycles. The molecule has 0 unspecified atom stereocenters. The molecule has 0 amide bonds. The van der Waals surface area contributed by atoms with Crippen LogP contribution >= 0.6 is 0 Å². The van der Waals surface area contributed by atoms with Crippen LogP contribution in [0.25, 0.3) is 100 Å². The maximum atomic E-state index is 5.29. The fourth-order valence-electron chi connectivity index (χ4n) is 7.38. The molecule has 0 aliphatic rings. The van der Waals surface area contributed by atoms with Gasteiger partial charge in [0.05, 0.1) is 33.8 Å². The van der Waals surface area contributed by atoms with Crippen molar-refractivity contribution in [1.82, 2.24) is 19.9 Å². The van der Waals surface area contributed by atoms with E-state index in [2.05, 4.69) is 152 Å². The summed E-state index contributed by atoms with van der Waals surface area (Å²) in [5.74, 6) is 0.688. The summed E-state index contributed by atoms with van der Waals surface area (Å²) < 4.78 is 0. The average Bonchev–Trinajstić information content (AvgIpc) is 3.26. The third kappa shape index (κ3) is 5.76. The van der Waals surface area contributed by atoms with E-state index in [1.807, 2.05) is 42.5 Å². The van der Waals surface area contributed by atoms with Crippen molar-refractivity contribution < 1.29 is 0 Å². The van der Waals surface area contributed by atoms with E-state index >= 15 is 0 Å². The number of rotatable bonds is 6. The highest BCUT2D eigenvalue weighted by atomic mass is 14.9. The molecular formula is C50H32N4. The van der Waals surface area contributed by atoms with Crippen molar-refractivity contribution in [1.29, 1.82) is 0 Å². The first kappa shape index (κ1) is 31.4. The van der Waals surface area contributed by atoms with Gasteiger partial charge in [-0.3, -0.25) is 0 Å². The van der Waals surface area contributed by atoms with Gasteiger partial charge in [0, 0.05) is 44.0 Å². The lowest BCUT2D eigenvalue weighted by Crippen LogP contribution is -1.96. The van der Waals surface area contributed by atoms with Gasteiger partial charge in [-0.25, -0.2) is 19.9 Å². The Morgan fingerprint density at radius 3 is 1.57 bits per heavy atom. The third-order valence-electron chi connectivity index (χ3n) is 10.1. The number of pyridine rings is 2. The lowest BCUT2D eigenvalue weighted by atomic mass is 9.95. The van der Waals surface area contributed by atoms with Gasteiger partial charge in [-0.2, -0.15) is 0 Å². The molecule has 0 atom stereocenters. The Labute approximate surface area is 313 Å². The standard InChI is InChI=1S/C50H32N4/c1-4-13-33(14-5-1)38-19-12-20-39(31-38)47-32-46(53-50(54-47)37-17-8-3-9-18-37)35-23-25-36(26-24-35)49-48-41(40-21-10-11-22-44(40)52-49)27-30-45-42(48)28-29-43(51-45)34-15-6-2-7-16-34/h1-32H. The number of hydrogen-bond acceptors (Lipinski definition) is 4. The van der Waals surface area contributed by atoms with Crippen LogP contribution in [0, 0.1) is 0 Å². The molecule has 0 fully saturated rings. The molecule has 10 aromatic rings. The molecule has 4 nitrogen and oxygen atoms in total. The highest BCUT2D eigenvalue weighted by Crippen LogP contribution is 2.38. The van der Waals surface area contributed by atoms with Crippen molar-refractivity contribution in [3.8, 4) is 67.5 Å². The molecule has 0 saturated heterocycles. The maximum Gasteiger partial charge on any atom is 0.160 e. The zero-order valence-electron chi connectivity index (χ0n) is 29.3. The van der Waals surface area contributed by atoms with Crippen molar-refractivity contribution in [2.24, 2.45) is 0 Å². The number of benzene rings is 7. The summed E-state index contributed by atoms with van der Waals surface area (Å²) in [6.45, 7) is 0. The Morgan fingerprint density at radius 1 is 0.259 bits per heavy atom. The molecule has 54 heavy (non-hydrogen) atoms. The van der Waals surface area contributed by atoms with E-state index in [1.54, 1.807) is 0 Å². The summed E-state index contributed by atoms with van der Waals surface area (Å²) in [7, 11) is 0. The SMILES string of the molecule is c1ccc(-c2cccc(-c3cc(-c4ccc(-c5nc6ccccc6c6ccc7nc(-c8ccccc8)ccc7c56)cc4)nc(-c4ccccc4)n3)c2)cc1. The Morgan fingerprint density at radius 2 is 0.815 bits per heavy atom. The second-order valence-electron chi connectivity index (χ2n) is 13.4. The highest BCUT2D eigenvalue weighted by Gasteiger charge is 2.16. The monoisotopic (exact) mass is 688 g/mol. The first-order chi connectivity index (χ1) is 26.7. The van der Waals surface area contributed by atoms with Crippen LogP contribution in [0.4, 0.5) is 0 Å². The summed E-state index contributed by atoms with van der Waals surface area (Å²) in [5.41, 5.74) is 13.0. The topological polar surface area (TPSA) is 51.6 Å². The molecule has 3 heterocycles. The Balaban J connectivity index is 1.11. The second kappa shape index (κ2) is 13.4. The van der Waals surface area contributed by atoms with Gasteiger partial charge in [0.1, 0.15) is 0 Å². The predicted octanol–water partition coefficient (Wildman–Crippen LogP) is 12.7. The Bertz CT molecular complexity index is 2960. The molecule has 0 radical (unpaired) electrons. The zero-order chi connectivity index (χ0) is 35.8. The summed E-state index contributed by atoms with van der Waals surface area (Å²) in [4.78, 5) is 20.6. The molecule has 0 aliphatic heterocycles. The number of hydrogen-bond donors (Lipinski definition) is 0. The van der Waals surface area contributed by atoms with Crippen LogP contribution < -0.4 is 0 Å². The van der Waals surface area contributed by atoms with Crippen LogP contribution in [0.15, 0.2) is 194 Å². The summed E-state index contributed by atoms with van der Waals surface area (Å²) >= 11 is 0. The average molecular weight is 689 g/mol. The van der Waals surface area contributed by atoms with Gasteiger partial charge < -0.3 is 0 Å². The fraction of sp³-hybridized carbons (Fsp3) is 0. The van der Waals surface area contributed by atoms with Crippen LogP contribution in [0.5, 0.6) is 0 Å². The molecule has 7 aromatic carbocycles. The van der Waals surface area contributed by atoms with Crippen LogP contribution in [-0.2, 0) is 0 Å². The van der Waals surface area contributed by atoms with Gasteiger partial charge in [-0.1, -0.05) is 158 Å². The minimum absolute atomic E-state index is 0.688. The highest BCUT2D eigenvalue weighted by molar-refractivity contribution is 6.20. The van der Waals surface area contributed by atoms with Gasteiger partial charge >= 0.3 is 0 Å². The lowest BCUT2D eigenvalue weighted by molar-refractivity contribution is 1.18. The van der Waals surface area contributed by atoms with E-state index in [4.69, 9.17) is 19.9 Å². The Kier molecular flexibility index (Phi) is 7.77. The number of aromatic nitrogens is 4. The van der Waals surface area contributed by atoms with E-state index in [1.165, 1.54) is 5.56 Å². The Hall–Kier alpha value is -7.30. The molecule has 10 rings (SSSR count). The molecule has 0 aliphatic carbocycles. The normalized spacial score (nSPS) is 11.3. The maximum absolute atomic E-state index is 5.29. The summed E-state index contributed by atoms with van der Waals surface area (Å²) in [6.07, 6.45) is 0. The summed E-state index contributed by atoms with van der Waals surface area (Å²) in [5, 5.41) is 4.46. The van der Waals surface area contributed by atoms with Gasteiger partial charge in [0.2, 0.25) is 0 Å². The van der Waals surface area contributed by atoms with Crippen molar-refractivity contribution >= 4 is 32.6 Å². The lowest BCUT2D eigenvalue weighted by Gasteiger charge is -2.14. The molecule has 0 N–H and O–H groups in total. The molecule has 0 bridgehead atoms. The molecule has 0 spiro atoms. The van der Waals surface area contributed by atoms with Gasteiger partial charge in [-0.05, 0) is 52.9 Å². The zero-order valence-corrected chi connectivity index (χ0v) is 29.3. The quantitative estimate of drug-likeness (QED) is 0.163. The smallest absolute Gasteiger partial charge is 0.160 e. The van der Waals surface area contributed by atoms with E-state index in [9.17, 15) is 0 Å². The van der Waals surface area contributed by atoms with Crippen molar-refractivity contribution in [3.63, 3.8) is 0 Å². The largest absolute Gasteiger partial charge is 0.248 e. The van der Waals surface area contributed by atoms with E-state index in [0.717, 1.165) is 88.7 Å². The van der Waals surface area contributed by atoms with Crippen LogP contribution in [0.3, 0.4) is 0 Å². The first-order valence-corrected chi connectivity index (χ1v) is 18.1. The van der Waals surface area contributed by atoms with Crippen molar-refractivity contribution in [2.75, 3.05) is 0 Å². The molecule has 4 heteroatoms. The van der Waals surface area contributed by atoms with Crippen LogP contribution in [0.2, 0.25) is 0 Å². The minimum atomic E-state index is 0.688. The minimum Gasteiger partial charge on any atom is -0.248 e. The molecule has 252 valence electrons. The second-order valence-corrected chi connectivity index (χ2v) is 13.4. The van der Waals surface area contributed by atoms with Gasteiger partial charge in [0.25, 0.3) is 0 Å². The number of fused-ring (bicyclic) bond motifs is 5. The molecular weight excluding hydrogens is 657 g/mol.